The van der Waals surface area contributed by atoms with Crippen LogP contribution in [0.1, 0.15) is 26.7 Å². The summed E-state index contributed by atoms with van der Waals surface area (Å²) in [5.74, 6) is 0. The third-order valence-electron chi connectivity index (χ3n) is 1.39. The van der Waals surface area contributed by atoms with Gasteiger partial charge in [0.25, 0.3) is 0 Å². The molecule has 0 saturated heterocycles. The number of aliphatic hydroxyl groups is 1. The van der Waals surface area contributed by atoms with Crippen LogP contribution in [0.2, 0.25) is 0 Å². The third-order valence-corrected chi connectivity index (χ3v) is 2.59. The summed E-state index contributed by atoms with van der Waals surface area (Å²) in [6.45, 7) is 4.00. The first-order chi connectivity index (χ1) is 4.20. The molecule has 0 spiro atoms. The van der Waals surface area contributed by atoms with Crippen LogP contribution in [-0.2, 0) is 0 Å². The van der Waals surface area contributed by atoms with Gasteiger partial charge in [-0.3, -0.25) is 0 Å². The van der Waals surface area contributed by atoms with Crippen LogP contribution in [0.3, 0.4) is 0 Å². The minimum atomic E-state index is -0.137. The molecule has 56 valence electrons. The molecule has 1 N–H and O–H groups in total. The average molecular weight is 148 g/mol. The number of thioether (sulfide) groups is 1. The standard InChI is InChI=1S/C7H16OS/c1-4-7(9-3)5-6(2)8/h6-8H,4-5H2,1-3H3. The highest BCUT2D eigenvalue weighted by atomic mass is 32.2. The van der Waals surface area contributed by atoms with E-state index in [1.54, 1.807) is 0 Å². The van der Waals surface area contributed by atoms with Crippen molar-refractivity contribution in [2.24, 2.45) is 0 Å². The van der Waals surface area contributed by atoms with Crippen LogP contribution in [-0.4, -0.2) is 22.7 Å². The monoisotopic (exact) mass is 148 g/mol. The maximum Gasteiger partial charge on any atom is 0.0522 e. The van der Waals surface area contributed by atoms with Crippen molar-refractivity contribution in [3.8, 4) is 0 Å². The summed E-state index contributed by atoms with van der Waals surface area (Å²) < 4.78 is 0. The molecule has 0 aromatic rings. The SMILES string of the molecule is CCC(CC(C)O)SC. The molecule has 2 unspecified atom stereocenters. The number of rotatable bonds is 4. The van der Waals surface area contributed by atoms with Crippen LogP contribution in [0.25, 0.3) is 0 Å². The van der Waals surface area contributed by atoms with Crippen LogP contribution in [0.4, 0.5) is 0 Å². The van der Waals surface area contributed by atoms with E-state index in [2.05, 4.69) is 13.2 Å². The first kappa shape index (κ1) is 9.31. The van der Waals surface area contributed by atoms with Gasteiger partial charge in [0.1, 0.15) is 0 Å². The van der Waals surface area contributed by atoms with Crippen molar-refractivity contribution in [3.05, 3.63) is 0 Å². The van der Waals surface area contributed by atoms with Crippen molar-refractivity contribution < 1.29 is 5.11 Å². The van der Waals surface area contributed by atoms with Gasteiger partial charge in [0.05, 0.1) is 6.10 Å². The Balaban J connectivity index is 3.31. The van der Waals surface area contributed by atoms with E-state index >= 15 is 0 Å². The second-order valence-corrected chi connectivity index (χ2v) is 3.49. The van der Waals surface area contributed by atoms with E-state index in [1.165, 1.54) is 0 Å². The predicted octanol–water partition coefficient (Wildman–Crippen LogP) is 1.90. The van der Waals surface area contributed by atoms with Crippen LogP contribution < -0.4 is 0 Å². The molecular formula is C7H16OS. The van der Waals surface area contributed by atoms with E-state index in [1.807, 2.05) is 18.7 Å². The molecule has 0 fully saturated rings. The molecule has 2 atom stereocenters. The lowest BCUT2D eigenvalue weighted by atomic mass is 10.2. The molecule has 0 bridgehead atoms. The van der Waals surface area contributed by atoms with Gasteiger partial charge in [-0.15, -0.1) is 0 Å². The molecule has 0 saturated carbocycles. The van der Waals surface area contributed by atoms with E-state index in [0.717, 1.165) is 12.8 Å². The van der Waals surface area contributed by atoms with Crippen molar-refractivity contribution in [2.45, 2.75) is 38.0 Å². The summed E-state index contributed by atoms with van der Waals surface area (Å²) in [6.07, 6.45) is 4.04. The summed E-state index contributed by atoms with van der Waals surface area (Å²) >= 11 is 1.84. The molecule has 9 heavy (non-hydrogen) atoms. The smallest absolute Gasteiger partial charge is 0.0522 e. The van der Waals surface area contributed by atoms with Gasteiger partial charge < -0.3 is 5.11 Å². The minimum Gasteiger partial charge on any atom is -0.393 e. The van der Waals surface area contributed by atoms with Gasteiger partial charge in [0.2, 0.25) is 0 Å². The Bertz CT molecular complexity index is 59.9. The van der Waals surface area contributed by atoms with Gasteiger partial charge in [-0.1, -0.05) is 6.92 Å². The van der Waals surface area contributed by atoms with Gasteiger partial charge >= 0.3 is 0 Å². The molecule has 0 aromatic carbocycles. The molecule has 2 heteroatoms. The molecule has 0 aliphatic rings. The van der Waals surface area contributed by atoms with Crippen LogP contribution in [0.15, 0.2) is 0 Å². The van der Waals surface area contributed by atoms with Crippen molar-refractivity contribution in [2.75, 3.05) is 6.26 Å². The van der Waals surface area contributed by atoms with Crippen LogP contribution in [0, 0.1) is 0 Å². The van der Waals surface area contributed by atoms with E-state index in [9.17, 15) is 0 Å². The lowest BCUT2D eigenvalue weighted by molar-refractivity contribution is 0.183. The van der Waals surface area contributed by atoms with Gasteiger partial charge in [0.15, 0.2) is 0 Å². The highest BCUT2D eigenvalue weighted by Gasteiger charge is 2.06. The van der Waals surface area contributed by atoms with Crippen molar-refractivity contribution >= 4 is 11.8 Å². The molecule has 0 radical (unpaired) electrons. The Hall–Kier alpha value is 0.310. The number of aliphatic hydroxyl groups excluding tert-OH is 1. The summed E-state index contributed by atoms with van der Waals surface area (Å²) in [5.41, 5.74) is 0. The zero-order chi connectivity index (χ0) is 7.28. The minimum absolute atomic E-state index is 0.137. The maximum absolute atomic E-state index is 8.97. The van der Waals surface area contributed by atoms with Crippen molar-refractivity contribution in [3.63, 3.8) is 0 Å². The fourth-order valence-electron chi connectivity index (χ4n) is 0.810. The predicted molar refractivity (Wildman–Crippen MR) is 43.9 cm³/mol. The van der Waals surface area contributed by atoms with Crippen molar-refractivity contribution in [1.82, 2.24) is 0 Å². The van der Waals surface area contributed by atoms with Crippen LogP contribution >= 0.6 is 11.8 Å². The lowest BCUT2D eigenvalue weighted by Gasteiger charge is -2.12. The normalized spacial score (nSPS) is 17.3. The van der Waals surface area contributed by atoms with E-state index in [4.69, 9.17) is 5.11 Å². The molecule has 0 aliphatic carbocycles. The topological polar surface area (TPSA) is 20.2 Å². The zero-order valence-corrected chi connectivity index (χ0v) is 7.24. The van der Waals surface area contributed by atoms with Gasteiger partial charge in [-0.2, -0.15) is 11.8 Å². The van der Waals surface area contributed by atoms with E-state index in [-0.39, 0.29) is 6.10 Å². The third kappa shape index (κ3) is 4.79. The van der Waals surface area contributed by atoms with E-state index in [0.29, 0.717) is 5.25 Å². The molecule has 0 aliphatic heterocycles. The summed E-state index contributed by atoms with van der Waals surface area (Å²) in [4.78, 5) is 0. The molecule has 0 heterocycles. The van der Waals surface area contributed by atoms with Gasteiger partial charge in [0, 0.05) is 5.25 Å². The molecular weight excluding hydrogens is 132 g/mol. The fraction of sp³-hybridized carbons (Fsp3) is 1.00. The largest absolute Gasteiger partial charge is 0.393 e. The number of hydrogen-bond acceptors (Lipinski definition) is 2. The number of hydrogen-bond donors (Lipinski definition) is 1. The quantitative estimate of drug-likeness (QED) is 0.657. The highest BCUT2D eigenvalue weighted by molar-refractivity contribution is 7.99. The molecule has 0 aromatic heterocycles. The van der Waals surface area contributed by atoms with Gasteiger partial charge in [-0.05, 0) is 26.0 Å². The summed E-state index contributed by atoms with van der Waals surface area (Å²) in [6, 6.07) is 0. The second kappa shape index (κ2) is 5.12. The van der Waals surface area contributed by atoms with Crippen LogP contribution in [0.5, 0.6) is 0 Å². The second-order valence-electron chi connectivity index (χ2n) is 2.35. The Kier molecular flexibility index (Phi) is 5.30. The Morgan fingerprint density at radius 3 is 2.22 bits per heavy atom. The lowest BCUT2D eigenvalue weighted by Crippen LogP contribution is -2.10. The molecule has 0 rings (SSSR count). The van der Waals surface area contributed by atoms with Crippen molar-refractivity contribution in [1.29, 1.82) is 0 Å². The Morgan fingerprint density at radius 2 is 2.11 bits per heavy atom. The Labute approximate surface area is 61.8 Å². The summed E-state index contributed by atoms with van der Waals surface area (Å²) in [7, 11) is 0. The van der Waals surface area contributed by atoms with Gasteiger partial charge in [-0.25, -0.2) is 0 Å². The first-order valence-electron chi connectivity index (χ1n) is 3.41. The zero-order valence-electron chi connectivity index (χ0n) is 6.42. The first-order valence-corrected chi connectivity index (χ1v) is 4.70. The maximum atomic E-state index is 8.97. The highest BCUT2D eigenvalue weighted by Crippen LogP contribution is 2.15. The van der Waals surface area contributed by atoms with E-state index < -0.39 is 0 Å². The Morgan fingerprint density at radius 1 is 1.56 bits per heavy atom. The average Bonchev–Trinajstić information content (AvgIpc) is 1.82. The fourth-order valence-corrected chi connectivity index (χ4v) is 1.61. The molecule has 1 nitrogen and oxygen atoms in total. The molecule has 0 amide bonds. The summed E-state index contributed by atoms with van der Waals surface area (Å²) in [5, 5.41) is 9.62.